The van der Waals surface area contributed by atoms with Crippen LogP contribution in [0, 0.1) is 0 Å². The molecule has 0 N–H and O–H groups in total. The van der Waals surface area contributed by atoms with Crippen LogP contribution in [0.1, 0.15) is 39.5 Å². The molecule has 0 amide bonds. The van der Waals surface area contributed by atoms with Crippen LogP contribution < -0.4 is 9.47 Å². The smallest absolute Gasteiger partial charge is 0.303 e. The number of azide groups is 1. The average molecular weight is 730 g/mol. The number of benzene rings is 2. The average Bonchev–Trinajstić information content (AvgIpc) is 3.11. The van der Waals surface area contributed by atoms with Gasteiger partial charge in [-0.05, 0) is 29.8 Å². The zero-order valence-corrected chi connectivity index (χ0v) is 28.9. The van der Waals surface area contributed by atoms with E-state index in [-0.39, 0.29) is 6.61 Å². The second-order valence-corrected chi connectivity index (χ2v) is 11.9. The minimum Gasteiger partial charge on any atom is -0.497 e. The number of ether oxygens (including phenoxy) is 11. The Morgan fingerprint density at radius 3 is 2.02 bits per heavy atom. The van der Waals surface area contributed by atoms with Gasteiger partial charge in [0.2, 0.25) is 6.29 Å². The number of hydrogen-bond acceptors (Lipinski definition) is 16. The Morgan fingerprint density at radius 2 is 1.40 bits per heavy atom. The minimum atomic E-state index is -1.64. The highest BCUT2D eigenvalue weighted by molar-refractivity contribution is 5.68. The predicted octanol–water partition coefficient (Wildman–Crippen LogP) is 3.06. The van der Waals surface area contributed by atoms with E-state index >= 15 is 0 Å². The maximum Gasteiger partial charge on any atom is 0.303 e. The number of hydrogen-bond donors (Lipinski definition) is 0. The van der Waals surface area contributed by atoms with Crippen molar-refractivity contribution in [2.24, 2.45) is 5.11 Å². The normalized spacial score (nSPS) is 31.1. The van der Waals surface area contributed by atoms with E-state index in [2.05, 4.69) is 10.0 Å². The molecule has 0 aromatic heterocycles. The first-order chi connectivity index (χ1) is 25.0. The monoisotopic (exact) mass is 729 g/mol. The largest absolute Gasteiger partial charge is 0.497 e. The van der Waals surface area contributed by atoms with Gasteiger partial charge in [-0.2, -0.15) is 0 Å². The van der Waals surface area contributed by atoms with Crippen LogP contribution in [-0.2, 0) is 61.8 Å². The molecule has 5 rings (SSSR count). The number of esters is 4. The minimum absolute atomic E-state index is 0.0197. The van der Waals surface area contributed by atoms with Gasteiger partial charge in [-0.25, -0.2) is 0 Å². The predicted molar refractivity (Wildman–Crippen MR) is 172 cm³/mol. The van der Waals surface area contributed by atoms with E-state index in [9.17, 15) is 24.7 Å². The third kappa shape index (κ3) is 9.47. The molecule has 3 aliphatic heterocycles. The van der Waals surface area contributed by atoms with Gasteiger partial charge in [-0.3, -0.25) is 19.2 Å². The molecule has 2 aromatic carbocycles. The van der Waals surface area contributed by atoms with Crippen LogP contribution in [0.4, 0.5) is 0 Å². The van der Waals surface area contributed by atoms with Crippen LogP contribution >= 0.6 is 0 Å². The SMILES string of the molecule is COc1ccc(O[C@@H]2O[C@H]3COC(c4ccccc4)O[C@@H]3[C@H](O[C@@H]3O[C@@H](COC(C)=O)[C@H](OC(C)=O)[C@H](OC(C)=O)[C@@H]3OC(C)=O)[C@@H]2N=[N+]=[N-])cc1. The molecular formula is C34H39N3O15. The van der Waals surface area contributed by atoms with E-state index in [0.29, 0.717) is 17.1 Å². The fourth-order valence-electron chi connectivity index (χ4n) is 6.02. The van der Waals surface area contributed by atoms with Crippen LogP contribution in [0.5, 0.6) is 11.5 Å². The molecule has 18 heteroatoms. The van der Waals surface area contributed by atoms with Gasteiger partial charge in [0.25, 0.3) is 0 Å². The summed E-state index contributed by atoms with van der Waals surface area (Å²) in [6, 6.07) is 14.3. The third-order valence-corrected chi connectivity index (χ3v) is 8.12. The van der Waals surface area contributed by atoms with E-state index in [1.165, 1.54) is 7.11 Å². The molecule has 3 fully saturated rings. The van der Waals surface area contributed by atoms with Gasteiger partial charge in [0, 0.05) is 38.2 Å². The molecule has 0 spiro atoms. The van der Waals surface area contributed by atoms with Gasteiger partial charge in [0.05, 0.1) is 13.7 Å². The third-order valence-electron chi connectivity index (χ3n) is 8.12. The van der Waals surface area contributed by atoms with E-state index in [4.69, 9.17) is 52.1 Å². The first-order valence-corrected chi connectivity index (χ1v) is 16.3. The molecule has 280 valence electrons. The van der Waals surface area contributed by atoms with Crippen LogP contribution in [0.2, 0.25) is 0 Å². The van der Waals surface area contributed by atoms with Gasteiger partial charge in [0.1, 0.15) is 48.6 Å². The molecule has 1 unspecified atom stereocenters. The molecule has 0 saturated carbocycles. The summed E-state index contributed by atoms with van der Waals surface area (Å²) in [5, 5.41) is 3.99. The van der Waals surface area contributed by atoms with Crippen molar-refractivity contribution in [3.63, 3.8) is 0 Å². The molecule has 0 radical (unpaired) electrons. The maximum atomic E-state index is 12.5. The van der Waals surface area contributed by atoms with Crippen molar-refractivity contribution in [2.75, 3.05) is 20.3 Å². The molecule has 2 aromatic rings. The number of nitrogens with zero attached hydrogens (tertiary/aromatic N) is 3. The van der Waals surface area contributed by atoms with Crippen LogP contribution in [0.15, 0.2) is 59.7 Å². The van der Waals surface area contributed by atoms with Gasteiger partial charge >= 0.3 is 23.9 Å². The van der Waals surface area contributed by atoms with Crippen molar-refractivity contribution >= 4 is 23.9 Å². The molecule has 0 aliphatic carbocycles. The lowest BCUT2D eigenvalue weighted by Gasteiger charge is -2.50. The number of methoxy groups -OCH3 is 1. The summed E-state index contributed by atoms with van der Waals surface area (Å²) in [6.07, 6.45) is -12.8. The number of carbonyl (C=O) groups is 4. The summed E-state index contributed by atoms with van der Waals surface area (Å²) in [5.41, 5.74) is 10.4. The van der Waals surface area contributed by atoms with Crippen LogP contribution in [-0.4, -0.2) is 106 Å². The topological polar surface area (TPSA) is 219 Å². The molecule has 0 bridgehead atoms. The van der Waals surface area contributed by atoms with E-state index in [0.717, 1.165) is 27.7 Å². The Morgan fingerprint density at radius 1 is 0.769 bits per heavy atom. The lowest BCUT2D eigenvalue weighted by atomic mass is 9.94. The molecule has 3 heterocycles. The first kappa shape index (κ1) is 38.3. The van der Waals surface area contributed by atoms with Gasteiger partial charge < -0.3 is 52.1 Å². The van der Waals surface area contributed by atoms with Gasteiger partial charge in [-0.15, -0.1) is 0 Å². The highest BCUT2D eigenvalue weighted by Gasteiger charge is 2.57. The van der Waals surface area contributed by atoms with Crippen molar-refractivity contribution in [1.82, 2.24) is 0 Å². The van der Waals surface area contributed by atoms with Crippen molar-refractivity contribution in [3.8, 4) is 11.5 Å². The van der Waals surface area contributed by atoms with E-state index < -0.39 is 98.1 Å². The van der Waals surface area contributed by atoms with Crippen LogP contribution in [0.3, 0.4) is 0 Å². The van der Waals surface area contributed by atoms with Gasteiger partial charge in [0.15, 0.2) is 30.9 Å². The summed E-state index contributed by atoms with van der Waals surface area (Å²) in [7, 11) is 1.51. The molecular weight excluding hydrogens is 690 g/mol. The van der Waals surface area contributed by atoms with E-state index in [1.807, 2.05) is 6.07 Å². The maximum absolute atomic E-state index is 12.5. The fraction of sp³-hybridized carbons (Fsp3) is 0.529. The summed E-state index contributed by atoms with van der Waals surface area (Å²) in [5.74, 6) is -2.25. The van der Waals surface area contributed by atoms with Crippen molar-refractivity contribution < 1.29 is 71.3 Å². The Kier molecular flexibility index (Phi) is 12.9. The van der Waals surface area contributed by atoms with Crippen molar-refractivity contribution in [3.05, 3.63) is 70.6 Å². The molecule has 18 nitrogen and oxygen atoms in total. The second kappa shape index (κ2) is 17.5. The molecule has 11 atom stereocenters. The Labute approximate surface area is 298 Å². The second-order valence-electron chi connectivity index (χ2n) is 11.9. The van der Waals surface area contributed by atoms with E-state index in [1.54, 1.807) is 48.5 Å². The Balaban J connectivity index is 1.56. The highest BCUT2D eigenvalue weighted by atomic mass is 16.8. The Bertz CT molecular complexity index is 1600. The quantitative estimate of drug-likeness (QED) is 0.101. The van der Waals surface area contributed by atoms with Gasteiger partial charge in [-0.1, -0.05) is 35.4 Å². The highest BCUT2D eigenvalue weighted by Crippen LogP contribution is 2.40. The fourth-order valence-corrected chi connectivity index (χ4v) is 6.02. The lowest BCUT2D eigenvalue weighted by Crippen LogP contribution is -2.67. The standard InChI is InChI=1S/C34H39N3O15/c1-17(38)43-15-24-28(45-18(2)39)30(46-19(3)40)31(47-20(4)41)34(50-24)52-29-26(36-37-35)33(48-23-13-11-22(42-5)12-14-23)49-25-16-44-32(51-27(25)29)21-9-7-6-8-10-21/h6-14,24-34H,15-16H2,1-5H3/t24-,25-,26-,27-,28-,29+,30-,31-,32?,33+,34-/m0/s1. The zero-order valence-electron chi connectivity index (χ0n) is 28.9. The summed E-state index contributed by atoms with van der Waals surface area (Å²) in [4.78, 5) is 52.0. The summed E-state index contributed by atoms with van der Waals surface area (Å²) < 4.78 is 64.7. The molecule has 52 heavy (non-hydrogen) atoms. The summed E-state index contributed by atoms with van der Waals surface area (Å²) in [6.45, 7) is 3.97. The zero-order chi connectivity index (χ0) is 37.4. The number of carbonyl (C=O) groups excluding carboxylic acids is 4. The lowest BCUT2D eigenvalue weighted by molar-refractivity contribution is -0.370. The first-order valence-electron chi connectivity index (χ1n) is 16.3. The number of fused-ring (bicyclic) bond motifs is 1. The summed E-state index contributed by atoms with van der Waals surface area (Å²) >= 11 is 0. The Hall–Kier alpha value is -4.97. The van der Waals surface area contributed by atoms with Crippen molar-refractivity contribution in [2.45, 2.75) is 95.3 Å². The van der Waals surface area contributed by atoms with Crippen LogP contribution in [0.25, 0.3) is 10.4 Å². The van der Waals surface area contributed by atoms with Crippen molar-refractivity contribution in [1.29, 1.82) is 0 Å². The number of rotatable bonds is 12. The molecule has 3 saturated heterocycles. The molecule has 3 aliphatic rings.